The highest BCUT2D eigenvalue weighted by Crippen LogP contribution is 2.31. The van der Waals surface area contributed by atoms with Crippen molar-refractivity contribution in [1.29, 1.82) is 0 Å². The molecule has 4 rings (SSSR count). The standard InChI is InChI=1S/C18H21N5OS/c1-3-13-10-14-17(19-11-20-18(14)25-13)22-15-4-5-16(21-12(15)2)23-6-8-24-9-7-23/h4-5,10-11H,3,6-9H2,1-2H3,(H,19,20,22). The Morgan fingerprint density at radius 2 is 2.08 bits per heavy atom. The number of thiophene rings is 1. The van der Waals surface area contributed by atoms with E-state index in [9.17, 15) is 0 Å². The Kier molecular flexibility index (Phi) is 4.50. The van der Waals surface area contributed by atoms with Crippen molar-refractivity contribution in [2.45, 2.75) is 20.3 Å². The van der Waals surface area contributed by atoms with Crippen LogP contribution in [0.15, 0.2) is 24.5 Å². The van der Waals surface area contributed by atoms with Crippen LogP contribution >= 0.6 is 11.3 Å². The highest BCUT2D eigenvalue weighted by molar-refractivity contribution is 7.18. The second kappa shape index (κ2) is 6.93. The molecule has 6 nitrogen and oxygen atoms in total. The minimum absolute atomic E-state index is 0.761. The van der Waals surface area contributed by atoms with Crippen molar-refractivity contribution >= 4 is 38.9 Å². The number of rotatable bonds is 4. The first-order valence-electron chi connectivity index (χ1n) is 8.55. The first-order valence-corrected chi connectivity index (χ1v) is 9.37. The smallest absolute Gasteiger partial charge is 0.142 e. The van der Waals surface area contributed by atoms with Gasteiger partial charge in [-0.1, -0.05) is 6.92 Å². The third kappa shape index (κ3) is 3.29. The molecule has 0 unspecified atom stereocenters. The van der Waals surface area contributed by atoms with Gasteiger partial charge in [-0.2, -0.15) is 0 Å². The molecule has 1 aliphatic rings. The second-order valence-electron chi connectivity index (χ2n) is 6.03. The van der Waals surface area contributed by atoms with Crippen LogP contribution in [-0.2, 0) is 11.2 Å². The van der Waals surface area contributed by atoms with Gasteiger partial charge in [0, 0.05) is 18.0 Å². The predicted molar refractivity (Wildman–Crippen MR) is 102 cm³/mol. The number of morpholine rings is 1. The maximum absolute atomic E-state index is 5.41. The second-order valence-corrected chi connectivity index (χ2v) is 7.15. The summed E-state index contributed by atoms with van der Waals surface area (Å²) in [6.45, 7) is 7.48. The number of fused-ring (bicyclic) bond motifs is 1. The summed E-state index contributed by atoms with van der Waals surface area (Å²) in [7, 11) is 0. The molecule has 0 bridgehead atoms. The van der Waals surface area contributed by atoms with E-state index in [0.717, 1.165) is 66.0 Å². The largest absolute Gasteiger partial charge is 0.378 e. The predicted octanol–water partition coefficient (Wildman–Crippen LogP) is 3.54. The van der Waals surface area contributed by atoms with Gasteiger partial charge in [0.15, 0.2) is 0 Å². The van der Waals surface area contributed by atoms with Crippen LogP contribution in [0.3, 0.4) is 0 Å². The monoisotopic (exact) mass is 355 g/mol. The number of pyridine rings is 1. The van der Waals surface area contributed by atoms with Crippen LogP contribution in [0.2, 0.25) is 0 Å². The average Bonchev–Trinajstić information content (AvgIpc) is 3.08. The number of hydrogen-bond acceptors (Lipinski definition) is 7. The molecule has 7 heteroatoms. The molecule has 130 valence electrons. The van der Waals surface area contributed by atoms with Crippen LogP contribution in [0.1, 0.15) is 17.5 Å². The lowest BCUT2D eigenvalue weighted by Crippen LogP contribution is -2.36. The highest BCUT2D eigenvalue weighted by Gasteiger charge is 2.14. The first kappa shape index (κ1) is 16.2. The number of nitrogens with one attached hydrogen (secondary N) is 1. The fraction of sp³-hybridized carbons (Fsp3) is 0.389. The Hall–Kier alpha value is -2.25. The molecular formula is C18H21N5OS. The van der Waals surface area contributed by atoms with E-state index in [-0.39, 0.29) is 0 Å². The Bertz CT molecular complexity index is 888. The maximum atomic E-state index is 5.41. The summed E-state index contributed by atoms with van der Waals surface area (Å²) in [5, 5.41) is 4.50. The Morgan fingerprint density at radius 3 is 2.84 bits per heavy atom. The van der Waals surface area contributed by atoms with Gasteiger partial charge in [0.05, 0.1) is 30.0 Å². The first-order chi connectivity index (χ1) is 12.2. The molecule has 0 spiro atoms. The minimum atomic E-state index is 0.761. The van der Waals surface area contributed by atoms with Gasteiger partial charge >= 0.3 is 0 Å². The molecule has 1 saturated heterocycles. The zero-order chi connectivity index (χ0) is 17.2. The van der Waals surface area contributed by atoms with Gasteiger partial charge < -0.3 is 15.0 Å². The normalized spacial score (nSPS) is 14.9. The van der Waals surface area contributed by atoms with E-state index in [1.807, 2.05) is 6.92 Å². The van der Waals surface area contributed by atoms with Crippen molar-refractivity contribution in [3.05, 3.63) is 35.1 Å². The van der Waals surface area contributed by atoms with E-state index < -0.39 is 0 Å². The van der Waals surface area contributed by atoms with Crippen LogP contribution < -0.4 is 10.2 Å². The average molecular weight is 355 g/mol. The third-order valence-corrected chi connectivity index (χ3v) is 5.58. The molecule has 1 aliphatic heterocycles. The van der Waals surface area contributed by atoms with E-state index in [1.54, 1.807) is 17.7 Å². The third-order valence-electron chi connectivity index (χ3n) is 4.39. The van der Waals surface area contributed by atoms with Crippen LogP contribution in [0.25, 0.3) is 10.2 Å². The molecule has 1 N–H and O–H groups in total. The molecule has 0 saturated carbocycles. The summed E-state index contributed by atoms with van der Waals surface area (Å²) >= 11 is 1.72. The van der Waals surface area contributed by atoms with Crippen molar-refractivity contribution in [1.82, 2.24) is 15.0 Å². The zero-order valence-corrected chi connectivity index (χ0v) is 15.3. The lowest BCUT2D eigenvalue weighted by molar-refractivity contribution is 0.122. The highest BCUT2D eigenvalue weighted by atomic mass is 32.1. The molecule has 4 heterocycles. The molecule has 1 fully saturated rings. The zero-order valence-electron chi connectivity index (χ0n) is 14.5. The molecule has 25 heavy (non-hydrogen) atoms. The SMILES string of the molecule is CCc1cc2c(Nc3ccc(N4CCOCC4)nc3C)ncnc2s1. The lowest BCUT2D eigenvalue weighted by atomic mass is 10.2. The number of anilines is 3. The molecule has 0 aliphatic carbocycles. The minimum Gasteiger partial charge on any atom is -0.378 e. The fourth-order valence-corrected chi connectivity index (χ4v) is 3.89. The molecular weight excluding hydrogens is 334 g/mol. The van der Waals surface area contributed by atoms with E-state index in [2.05, 4.69) is 45.3 Å². The van der Waals surface area contributed by atoms with E-state index in [4.69, 9.17) is 9.72 Å². The van der Waals surface area contributed by atoms with Crippen LogP contribution in [0, 0.1) is 6.92 Å². The summed E-state index contributed by atoms with van der Waals surface area (Å²) < 4.78 is 5.41. The van der Waals surface area contributed by atoms with Gasteiger partial charge in [-0.25, -0.2) is 15.0 Å². The summed E-state index contributed by atoms with van der Waals surface area (Å²) in [5.41, 5.74) is 1.93. The van der Waals surface area contributed by atoms with Gasteiger partial charge in [0.25, 0.3) is 0 Å². The summed E-state index contributed by atoms with van der Waals surface area (Å²) in [6, 6.07) is 6.31. The van der Waals surface area contributed by atoms with E-state index in [0.29, 0.717) is 0 Å². The van der Waals surface area contributed by atoms with Gasteiger partial charge in [-0.15, -0.1) is 11.3 Å². The van der Waals surface area contributed by atoms with Gasteiger partial charge in [-0.3, -0.25) is 0 Å². The molecule has 0 amide bonds. The van der Waals surface area contributed by atoms with Crippen LogP contribution in [0.4, 0.5) is 17.3 Å². The van der Waals surface area contributed by atoms with Crippen molar-refractivity contribution in [2.75, 3.05) is 36.5 Å². The molecule has 0 atom stereocenters. The summed E-state index contributed by atoms with van der Waals surface area (Å²) in [5.74, 6) is 1.84. The van der Waals surface area contributed by atoms with Crippen LogP contribution in [0.5, 0.6) is 0 Å². The van der Waals surface area contributed by atoms with Crippen molar-refractivity contribution in [3.8, 4) is 0 Å². The summed E-state index contributed by atoms with van der Waals surface area (Å²) in [4.78, 5) is 18.2. The topological polar surface area (TPSA) is 63.2 Å². The number of hydrogen-bond donors (Lipinski definition) is 1. The van der Waals surface area contributed by atoms with Crippen LogP contribution in [-0.4, -0.2) is 41.3 Å². The number of ether oxygens (including phenoxy) is 1. The quantitative estimate of drug-likeness (QED) is 0.772. The van der Waals surface area contributed by atoms with Gasteiger partial charge in [0.2, 0.25) is 0 Å². The lowest BCUT2D eigenvalue weighted by Gasteiger charge is -2.28. The van der Waals surface area contributed by atoms with Gasteiger partial charge in [0.1, 0.15) is 22.8 Å². The number of nitrogens with zero attached hydrogens (tertiary/aromatic N) is 4. The van der Waals surface area contributed by atoms with Gasteiger partial charge in [-0.05, 0) is 31.5 Å². The van der Waals surface area contributed by atoms with E-state index in [1.165, 1.54) is 4.88 Å². The van der Waals surface area contributed by atoms with Crippen molar-refractivity contribution < 1.29 is 4.74 Å². The number of aryl methyl sites for hydroxylation is 2. The Balaban J connectivity index is 1.61. The number of aromatic nitrogens is 3. The summed E-state index contributed by atoms with van der Waals surface area (Å²) in [6.07, 6.45) is 2.63. The molecule has 3 aromatic rings. The maximum Gasteiger partial charge on any atom is 0.142 e. The Labute approximate surface area is 150 Å². The van der Waals surface area contributed by atoms with E-state index >= 15 is 0 Å². The fourth-order valence-electron chi connectivity index (χ4n) is 2.96. The van der Waals surface area contributed by atoms with Crippen molar-refractivity contribution in [3.63, 3.8) is 0 Å². The molecule has 3 aromatic heterocycles. The molecule has 0 radical (unpaired) electrons. The molecule has 0 aromatic carbocycles. The Morgan fingerprint density at radius 1 is 1.24 bits per heavy atom. The van der Waals surface area contributed by atoms with Crippen molar-refractivity contribution in [2.24, 2.45) is 0 Å².